The molecule has 0 fully saturated rings. The average Bonchev–Trinajstić information content (AvgIpc) is 3.14. The fourth-order valence-corrected chi connectivity index (χ4v) is 5.40. The molecular formula is C23H28N2O4S. The van der Waals surface area contributed by atoms with Crippen LogP contribution in [0.25, 0.3) is 0 Å². The number of aryl methyl sites for hydroxylation is 1. The minimum Gasteiger partial charge on any atom is -0.492 e. The van der Waals surface area contributed by atoms with Gasteiger partial charge in [-0.15, -0.1) is 11.3 Å². The van der Waals surface area contributed by atoms with E-state index in [1.165, 1.54) is 4.88 Å². The van der Waals surface area contributed by atoms with Crippen LogP contribution in [0.2, 0.25) is 0 Å². The summed E-state index contributed by atoms with van der Waals surface area (Å²) in [5.41, 5.74) is 2.80. The van der Waals surface area contributed by atoms with Crippen molar-refractivity contribution < 1.29 is 19.1 Å². The fourth-order valence-electron chi connectivity index (χ4n) is 4.11. The van der Waals surface area contributed by atoms with E-state index < -0.39 is 0 Å². The van der Waals surface area contributed by atoms with Gasteiger partial charge in [0.05, 0.1) is 11.5 Å². The van der Waals surface area contributed by atoms with Gasteiger partial charge >= 0.3 is 0 Å². The van der Waals surface area contributed by atoms with Crippen molar-refractivity contribution in [1.29, 1.82) is 0 Å². The maximum absolute atomic E-state index is 13.0. The van der Waals surface area contributed by atoms with Crippen LogP contribution in [0.5, 0.6) is 5.75 Å². The molecule has 2 N–H and O–H groups in total. The van der Waals surface area contributed by atoms with Crippen LogP contribution in [0.15, 0.2) is 24.3 Å². The maximum Gasteiger partial charge on any atom is 0.254 e. The lowest BCUT2D eigenvalue weighted by Gasteiger charge is -2.24. The minimum atomic E-state index is -0.267. The number of thiophene rings is 1. The molecule has 6 nitrogen and oxygen atoms in total. The standard InChI is InChI=1S/C23H28N2O4S/c1-28-12-6-11-24-22(27)20-17-8-3-5-10-19(17)30-23(20)25-21(26)16-13-15-7-2-4-9-18(15)29-14-16/h2,4,7,9,16H,3,5-6,8,10-14H2,1H3,(H,24,27)(H,25,26). The first-order chi connectivity index (χ1) is 14.7. The lowest BCUT2D eigenvalue weighted by molar-refractivity contribution is -0.121. The molecule has 2 aromatic rings. The Labute approximate surface area is 181 Å². The average molecular weight is 429 g/mol. The molecule has 1 aromatic carbocycles. The number of fused-ring (bicyclic) bond motifs is 2. The summed E-state index contributed by atoms with van der Waals surface area (Å²) in [6.07, 6.45) is 5.47. The minimum absolute atomic E-state index is 0.0865. The van der Waals surface area contributed by atoms with E-state index in [9.17, 15) is 9.59 Å². The Morgan fingerprint density at radius 2 is 2.07 bits per heavy atom. The smallest absolute Gasteiger partial charge is 0.254 e. The van der Waals surface area contributed by atoms with Crippen molar-refractivity contribution >= 4 is 28.2 Å². The summed E-state index contributed by atoms with van der Waals surface area (Å²) in [5, 5.41) is 6.73. The van der Waals surface area contributed by atoms with Gasteiger partial charge in [0, 0.05) is 25.1 Å². The SMILES string of the molecule is COCCCNC(=O)c1c(NC(=O)C2COc3ccccc3C2)sc2c1CCCC2. The normalized spacial score (nSPS) is 17.4. The van der Waals surface area contributed by atoms with E-state index in [2.05, 4.69) is 10.6 Å². The first-order valence-corrected chi connectivity index (χ1v) is 11.4. The number of amides is 2. The molecule has 0 saturated carbocycles. The number of ether oxygens (including phenoxy) is 2. The van der Waals surface area contributed by atoms with Crippen molar-refractivity contribution in [2.75, 3.05) is 32.2 Å². The molecule has 30 heavy (non-hydrogen) atoms. The number of hydrogen-bond acceptors (Lipinski definition) is 5. The second-order valence-electron chi connectivity index (χ2n) is 7.83. The Hall–Kier alpha value is -2.38. The number of carbonyl (C=O) groups excluding carboxylic acids is 2. The summed E-state index contributed by atoms with van der Waals surface area (Å²) < 4.78 is 10.8. The Morgan fingerprint density at radius 1 is 1.23 bits per heavy atom. The molecule has 2 heterocycles. The van der Waals surface area contributed by atoms with Gasteiger partial charge in [0.2, 0.25) is 5.91 Å². The summed E-state index contributed by atoms with van der Waals surface area (Å²) in [6.45, 7) is 1.51. The van der Waals surface area contributed by atoms with Gasteiger partial charge in [-0.2, -0.15) is 0 Å². The third kappa shape index (κ3) is 4.52. The first kappa shape index (κ1) is 20.9. The van der Waals surface area contributed by atoms with Gasteiger partial charge in [0.25, 0.3) is 5.91 Å². The third-order valence-electron chi connectivity index (χ3n) is 5.70. The molecule has 0 saturated heterocycles. The molecule has 7 heteroatoms. The van der Waals surface area contributed by atoms with Gasteiger partial charge in [-0.1, -0.05) is 18.2 Å². The van der Waals surface area contributed by atoms with Crippen molar-refractivity contribution in [3.8, 4) is 5.75 Å². The number of hydrogen-bond donors (Lipinski definition) is 2. The lowest BCUT2D eigenvalue weighted by Crippen LogP contribution is -2.33. The van der Waals surface area contributed by atoms with Crippen LogP contribution in [-0.4, -0.2) is 38.7 Å². The van der Waals surface area contributed by atoms with Crippen LogP contribution in [-0.2, 0) is 28.8 Å². The van der Waals surface area contributed by atoms with Crippen molar-refractivity contribution in [3.05, 3.63) is 45.8 Å². The highest BCUT2D eigenvalue weighted by atomic mass is 32.1. The zero-order valence-corrected chi connectivity index (χ0v) is 18.1. The summed E-state index contributed by atoms with van der Waals surface area (Å²) in [4.78, 5) is 27.2. The third-order valence-corrected chi connectivity index (χ3v) is 6.90. The molecule has 0 radical (unpaired) electrons. The largest absolute Gasteiger partial charge is 0.492 e. The van der Waals surface area contributed by atoms with Gasteiger partial charge in [0.1, 0.15) is 17.4 Å². The van der Waals surface area contributed by atoms with Crippen LogP contribution < -0.4 is 15.4 Å². The van der Waals surface area contributed by atoms with E-state index in [1.54, 1.807) is 18.4 Å². The van der Waals surface area contributed by atoms with Crippen LogP contribution in [0, 0.1) is 5.92 Å². The summed E-state index contributed by atoms with van der Waals surface area (Å²) in [7, 11) is 1.65. The van der Waals surface area contributed by atoms with Crippen molar-refractivity contribution in [1.82, 2.24) is 5.32 Å². The van der Waals surface area contributed by atoms with Gasteiger partial charge < -0.3 is 20.1 Å². The van der Waals surface area contributed by atoms with E-state index in [-0.39, 0.29) is 17.7 Å². The highest BCUT2D eigenvalue weighted by Gasteiger charge is 2.30. The topological polar surface area (TPSA) is 76.7 Å². The zero-order chi connectivity index (χ0) is 20.9. The highest BCUT2D eigenvalue weighted by molar-refractivity contribution is 7.17. The van der Waals surface area contributed by atoms with Gasteiger partial charge in [-0.05, 0) is 55.7 Å². The Kier molecular flexibility index (Phi) is 6.69. The highest BCUT2D eigenvalue weighted by Crippen LogP contribution is 2.38. The molecule has 160 valence electrons. The number of benzene rings is 1. The number of para-hydroxylation sites is 1. The van der Waals surface area contributed by atoms with E-state index in [4.69, 9.17) is 9.47 Å². The summed E-state index contributed by atoms with van der Waals surface area (Å²) in [5.74, 6) is 0.392. The van der Waals surface area contributed by atoms with Gasteiger partial charge in [-0.25, -0.2) is 0 Å². The van der Waals surface area contributed by atoms with Gasteiger partial charge in [0.15, 0.2) is 0 Å². The predicted octanol–water partition coefficient (Wildman–Crippen LogP) is 3.58. The summed E-state index contributed by atoms with van der Waals surface area (Å²) >= 11 is 1.55. The molecule has 1 atom stereocenters. The van der Waals surface area contributed by atoms with E-state index in [1.807, 2.05) is 24.3 Å². The fraction of sp³-hybridized carbons (Fsp3) is 0.478. The first-order valence-electron chi connectivity index (χ1n) is 10.6. The maximum atomic E-state index is 13.0. The molecule has 0 spiro atoms. The second kappa shape index (κ2) is 9.62. The lowest BCUT2D eigenvalue weighted by atomic mass is 9.94. The molecular weight excluding hydrogens is 400 g/mol. The van der Waals surface area contributed by atoms with Crippen LogP contribution in [0.1, 0.15) is 45.6 Å². The van der Waals surface area contributed by atoms with Gasteiger partial charge in [-0.3, -0.25) is 9.59 Å². The molecule has 0 bridgehead atoms. The Morgan fingerprint density at radius 3 is 2.93 bits per heavy atom. The Balaban J connectivity index is 1.50. The molecule has 2 aliphatic rings. The monoisotopic (exact) mass is 428 g/mol. The number of rotatable bonds is 7. The van der Waals surface area contributed by atoms with Crippen molar-refractivity contribution in [3.63, 3.8) is 0 Å². The molecule has 2 amide bonds. The van der Waals surface area contributed by atoms with Crippen LogP contribution >= 0.6 is 11.3 Å². The number of carbonyl (C=O) groups is 2. The van der Waals surface area contributed by atoms with Crippen LogP contribution in [0.3, 0.4) is 0 Å². The molecule has 1 aliphatic carbocycles. The number of anilines is 1. The van der Waals surface area contributed by atoms with Crippen molar-refractivity contribution in [2.45, 2.75) is 38.5 Å². The van der Waals surface area contributed by atoms with Crippen LogP contribution in [0.4, 0.5) is 5.00 Å². The molecule has 1 aromatic heterocycles. The van der Waals surface area contributed by atoms with E-state index >= 15 is 0 Å². The second-order valence-corrected chi connectivity index (χ2v) is 8.93. The van der Waals surface area contributed by atoms with Crippen molar-refractivity contribution in [2.24, 2.45) is 5.92 Å². The molecule has 4 rings (SSSR count). The quantitative estimate of drug-likeness (QED) is 0.661. The zero-order valence-electron chi connectivity index (χ0n) is 17.3. The van der Waals surface area contributed by atoms with E-state index in [0.717, 1.165) is 49.0 Å². The molecule has 1 aliphatic heterocycles. The predicted molar refractivity (Wildman–Crippen MR) is 118 cm³/mol. The number of nitrogens with one attached hydrogen (secondary N) is 2. The number of methoxy groups -OCH3 is 1. The Bertz CT molecular complexity index is 924. The molecule has 1 unspecified atom stereocenters. The summed E-state index contributed by atoms with van der Waals surface area (Å²) in [6, 6.07) is 7.83. The van der Waals surface area contributed by atoms with E-state index in [0.29, 0.717) is 36.7 Å².